The van der Waals surface area contributed by atoms with Crippen molar-refractivity contribution < 1.29 is 24.0 Å². The van der Waals surface area contributed by atoms with E-state index in [0.717, 1.165) is 0 Å². The van der Waals surface area contributed by atoms with Crippen molar-refractivity contribution in [2.24, 2.45) is 0 Å². The smallest absolute Gasteiger partial charge is 0.260 e. The van der Waals surface area contributed by atoms with Gasteiger partial charge in [-0.2, -0.15) is 0 Å². The van der Waals surface area contributed by atoms with Crippen LogP contribution in [-0.4, -0.2) is 36.6 Å². The van der Waals surface area contributed by atoms with E-state index in [1.165, 1.54) is 32.7 Å². The molecular weight excluding hydrogens is 683 g/mol. The van der Waals surface area contributed by atoms with Crippen molar-refractivity contribution in [3.8, 4) is 0 Å². The van der Waals surface area contributed by atoms with Crippen molar-refractivity contribution in [3.05, 3.63) is 21.8 Å². The van der Waals surface area contributed by atoms with Crippen molar-refractivity contribution >= 4 is 103 Å². The zero-order valence-corrected chi connectivity index (χ0v) is 20.6. The standard InChI is InChI=1S/C15H14I3N3O5/c1-5(22)19-14(25)8-10(16)9(15(26)20-6(2)23)12(18)13(11(8)17)21(4)7(3)24/h1-4H3,(H,19,22,25)(H,20,23,26). The lowest BCUT2D eigenvalue weighted by atomic mass is 10.1. The summed E-state index contributed by atoms with van der Waals surface area (Å²) in [5, 5.41) is 4.34. The Morgan fingerprint density at radius 1 is 0.731 bits per heavy atom. The Morgan fingerprint density at radius 2 is 1.08 bits per heavy atom. The maximum Gasteiger partial charge on any atom is 0.260 e. The minimum Gasteiger partial charge on any atom is -0.314 e. The van der Waals surface area contributed by atoms with Crippen LogP contribution in [0.1, 0.15) is 41.5 Å². The van der Waals surface area contributed by atoms with Crippen molar-refractivity contribution in [1.82, 2.24) is 10.6 Å². The molecule has 0 saturated carbocycles. The van der Waals surface area contributed by atoms with Crippen LogP contribution < -0.4 is 15.5 Å². The molecule has 1 rings (SSSR count). The van der Waals surface area contributed by atoms with Crippen molar-refractivity contribution in [3.63, 3.8) is 0 Å². The average Bonchev–Trinajstić information content (AvgIpc) is 2.44. The van der Waals surface area contributed by atoms with E-state index in [-0.39, 0.29) is 20.6 Å². The summed E-state index contributed by atoms with van der Waals surface area (Å²) in [6, 6.07) is 0. The Balaban J connectivity index is 3.85. The molecule has 0 aliphatic rings. The number of hydrogen-bond acceptors (Lipinski definition) is 5. The molecular formula is C15H14I3N3O5. The number of nitrogens with zero attached hydrogens (tertiary/aromatic N) is 1. The maximum atomic E-state index is 12.5. The first-order chi connectivity index (χ1) is 11.9. The van der Waals surface area contributed by atoms with Gasteiger partial charge in [-0.3, -0.25) is 34.6 Å². The van der Waals surface area contributed by atoms with Gasteiger partial charge in [0.25, 0.3) is 11.8 Å². The molecule has 8 nitrogen and oxygen atoms in total. The first-order valence-corrected chi connectivity index (χ1v) is 10.2. The lowest BCUT2D eigenvalue weighted by Crippen LogP contribution is -2.35. The molecule has 140 valence electrons. The van der Waals surface area contributed by atoms with Gasteiger partial charge in [-0.05, 0) is 67.8 Å². The van der Waals surface area contributed by atoms with E-state index >= 15 is 0 Å². The highest BCUT2D eigenvalue weighted by molar-refractivity contribution is 14.1. The van der Waals surface area contributed by atoms with Crippen molar-refractivity contribution in [2.45, 2.75) is 20.8 Å². The number of carbonyl (C=O) groups excluding carboxylic acids is 5. The number of amides is 5. The number of carbonyl (C=O) groups is 5. The predicted octanol–water partition coefficient (Wildman–Crippen LogP) is 2.04. The number of anilines is 1. The molecule has 0 radical (unpaired) electrons. The second-order valence-corrected chi connectivity index (χ2v) is 8.38. The second-order valence-electron chi connectivity index (χ2n) is 5.14. The number of imide groups is 2. The summed E-state index contributed by atoms with van der Waals surface area (Å²) in [5.41, 5.74) is 0.513. The fourth-order valence-electron chi connectivity index (χ4n) is 1.95. The Kier molecular flexibility index (Phi) is 8.37. The number of hydrogen-bond donors (Lipinski definition) is 2. The number of nitrogens with one attached hydrogen (secondary N) is 2. The third-order valence-corrected chi connectivity index (χ3v) is 6.31. The van der Waals surface area contributed by atoms with Crippen LogP contribution in [0.25, 0.3) is 0 Å². The summed E-state index contributed by atoms with van der Waals surface area (Å²) in [6.07, 6.45) is 0. The molecule has 0 heterocycles. The summed E-state index contributed by atoms with van der Waals surface area (Å²) >= 11 is 5.60. The van der Waals surface area contributed by atoms with Crippen molar-refractivity contribution in [1.29, 1.82) is 0 Å². The summed E-state index contributed by atoms with van der Waals surface area (Å²) in [5.74, 6) is -2.82. The van der Waals surface area contributed by atoms with E-state index in [9.17, 15) is 24.0 Å². The lowest BCUT2D eigenvalue weighted by molar-refractivity contribution is -0.119. The number of benzene rings is 1. The zero-order valence-electron chi connectivity index (χ0n) is 14.1. The van der Waals surface area contributed by atoms with Crippen LogP contribution >= 0.6 is 67.8 Å². The first kappa shape index (κ1) is 23.2. The minimum atomic E-state index is -0.697. The third kappa shape index (κ3) is 5.11. The Morgan fingerprint density at radius 3 is 1.35 bits per heavy atom. The largest absolute Gasteiger partial charge is 0.314 e. The molecule has 0 spiro atoms. The molecule has 1 aromatic carbocycles. The molecule has 11 heteroatoms. The minimum absolute atomic E-state index is 0.0821. The second kappa shape index (κ2) is 9.38. The molecule has 0 unspecified atom stereocenters. The van der Waals surface area contributed by atoms with Gasteiger partial charge in [-0.25, -0.2) is 0 Å². The maximum absolute atomic E-state index is 12.5. The average molecular weight is 697 g/mol. The summed E-state index contributed by atoms with van der Waals surface area (Å²) in [4.78, 5) is 60.7. The van der Waals surface area contributed by atoms with Crippen LogP contribution in [0, 0.1) is 10.7 Å². The number of rotatable bonds is 3. The lowest BCUT2D eigenvalue weighted by Gasteiger charge is -2.23. The van der Waals surface area contributed by atoms with Gasteiger partial charge in [0, 0.05) is 31.4 Å². The molecule has 26 heavy (non-hydrogen) atoms. The molecule has 0 fully saturated rings. The summed E-state index contributed by atoms with van der Waals surface area (Å²) in [7, 11) is 1.51. The van der Waals surface area contributed by atoms with Crippen LogP contribution in [0.15, 0.2) is 0 Å². The molecule has 1 aromatic rings. The van der Waals surface area contributed by atoms with Crippen molar-refractivity contribution in [2.75, 3.05) is 11.9 Å². The highest BCUT2D eigenvalue weighted by Crippen LogP contribution is 2.37. The van der Waals surface area contributed by atoms with E-state index in [4.69, 9.17) is 0 Å². The van der Waals surface area contributed by atoms with Crippen LogP contribution in [0.2, 0.25) is 0 Å². The Labute approximate surface area is 190 Å². The normalized spacial score (nSPS) is 10.1. The SMILES string of the molecule is CC(=O)NC(=O)c1c(I)c(C(=O)NC(C)=O)c(I)c(N(C)C(C)=O)c1I. The fraction of sp³-hybridized carbons (Fsp3) is 0.267. The molecule has 0 aromatic heterocycles. The number of halogens is 3. The van der Waals surface area contributed by atoms with Gasteiger partial charge in [0.1, 0.15) is 0 Å². The Hall–Kier alpha value is -0.840. The van der Waals surface area contributed by atoms with Gasteiger partial charge >= 0.3 is 0 Å². The van der Waals surface area contributed by atoms with E-state index in [1.54, 1.807) is 0 Å². The monoisotopic (exact) mass is 697 g/mol. The van der Waals surface area contributed by atoms with E-state index in [1.807, 2.05) is 67.8 Å². The van der Waals surface area contributed by atoms with Gasteiger partial charge < -0.3 is 4.90 Å². The van der Waals surface area contributed by atoms with Gasteiger partial charge in [0.15, 0.2) is 0 Å². The molecule has 0 bridgehead atoms. The van der Waals surface area contributed by atoms with Crippen LogP contribution in [0.5, 0.6) is 0 Å². The third-order valence-electron chi connectivity index (χ3n) is 3.13. The van der Waals surface area contributed by atoms with Crippen LogP contribution in [-0.2, 0) is 14.4 Å². The Bertz CT molecular complexity index is 783. The predicted molar refractivity (Wildman–Crippen MR) is 120 cm³/mol. The molecule has 0 aliphatic carbocycles. The highest BCUT2D eigenvalue weighted by Gasteiger charge is 2.30. The molecule has 2 N–H and O–H groups in total. The quantitative estimate of drug-likeness (QED) is 0.470. The summed E-state index contributed by atoms with van der Waals surface area (Å²) in [6.45, 7) is 3.72. The van der Waals surface area contributed by atoms with Gasteiger partial charge in [0.2, 0.25) is 17.7 Å². The topological polar surface area (TPSA) is 113 Å². The van der Waals surface area contributed by atoms with E-state index in [0.29, 0.717) is 12.8 Å². The van der Waals surface area contributed by atoms with Crippen LogP contribution in [0.4, 0.5) is 5.69 Å². The highest BCUT2D eigenvalue weighted by atomic mass is 127. The molecule has 0 saturated heterocycles. The van der Waals surface area contributed by atoms with Crippen LogP contribution in [0.3, 0.4) is 0 Å². The first-order valence-electron chi connectivity index (χ1n) is 6.98. The van der Waals surface area contributed by atoms with Gasteiger partial charge in [-0.1, -0.05) is 0 Å². The molecule has 0 aliphatic heterocycles. The van der Waals surface area contributed by atoms with E-state index < -0.39 is 23.6 Å². The van der Waals surface area contributed by atoms with Gasteiger partial charge in [0.05, 0.1) is 24.0 Å². The molecule has 5 amide bonds. The summed E-state index contributed by atoms with van der Waals surface area (Å²) < 4.78 is 1.09. The zero-order chi connectivity index (χ0) is 20.3. The fourth-order valence-corrected chi connectivity index (χ4v) is 6.82. The van der Waals surface area contributed by atoms with E-state index in [2.05, 4.69) is 10.6 Å². The van der Waals surface area contributed by atoms with Gasteiger partial charge in [-0.15, -0.1) is 0 Å². The molecule has 0 atom stereocenters.